The van der Waals surface area contributed by atoms with Crippen LogP contribution in [0.1, 0.15) is 60.9 Å². The average molecular weight is 440 g/mol. The normalized spacial score (nSPS) is 21.2. The topological polar surface area (TPSA) is 75.4 Å². The fourth-order valence-electron chi connectivity index (χ4n) is 4.40. The van der Waals surface area contributed by atoms with E-state index >= 15 is 0 Å². The lowest BCUT2D eigenvalue weighted by Crippen LogP contribution is -2.43. The van der Waals surface area contributed by atoms with Crippen molar-refractivity contribution in [3.8, 4) is 0 Å². The van der Waals surface area contributed by atoms with Crippen LogP contribution in [0.2, 0.25) is 5.02 Å². The molecule has 2 aromatic carbocycles. The van der Waals surface area contributed by atoms with Crippen LogP contribution in [0.4, 0.5) is 5.69 Å². The summed E-state index contributed by atoms with van der Waals surface area (Å²) in [6.07, 6.45) is 6.62. The van der Waals surface area contributed by atoms with Crippen molar-refractivity contribution in [2.75, 3.05) is 5.32 Å². The first-order valence-corrected chi connectivity index (χ1v) is 11.6. The molecule has 0 heterocycles. The summed E-state index contributed by atoms with van der Waals surface area (Å²) < 4.78 is 0. The Morgan fingerprint density at radius 3 is 2.35 bits per heavy atom. The van der Waals surface area contributed by atoms with Crippen molar-refractivity contribution >= 4 is 29.1 Å². The van der Waals surface area contributed by atoms with Crippen LogP contribution in [-0.2, 0) is 11.3 Å². The zero-order chi connectivity index (χ0) is 21.8. The minimum Gasteiger partial charge on any atom is -0.331 e. The second-order valence-electron chi connectivity index (χ2n) is 8.79. The summed E-state index contributed by atoms with van der Waals surface area (Å²) in [5.41, 5.74) is 8.34. The van der Waals surface area contributed by atoms with Gasteiger partial charge in [-0.3, -0.25) is 9.59 Å². The number of nitrogens with two attached hydrogens (primary N) is 1. The molecule has 2 aliphatic carbocycles. The van der Waals surface area contributed by atoms with E-state index in [-0.39, 0.29) is 29.8 Å². The summed E-state index contributed by atoms with van der Waals surface area (Å²) in [4.78, 5) is 27.7. The number of nitrogens with zero attached hydrogens (tertiary/aromatic N) is 1. The lowest BCUT2D eigenvalue weighted by Gasteiger charge is -2.36. The molecule has 2 fully saturated rings. The first-order chi connectivity index (χ1) is 15.0. The van der Waals surface area contributed by atoms with E-state index in [4.69, 9.17) is 17.3 Å². The Bertz CT molecular complexity index is 922. The van der Waals surface area contributed by atoms with Crippen molar-refractivity contribution in [1.29, 1.82) is 0 Å². The van der Waals surface area contributed by atoms with Crippen molar-refractivity contribution in [3.05, 3.63) is 64.7 Å². The van der Waals surface area contributed by atoms with Gasteiger partial charge in [0.25, 0.3) is 5.91 Å². The Kier molecular flexibility index (Phi) is 6.93. The number of amides is 2. The van der Waals surface area contributed by atoms with Crippen LogP contribution in [0.3, 0.4) is 0 Å². The summed E-state index contributed by atoms with van der Waals surface area (Å²) in [7, 11) is 0. The van der Waals surface area contributed by atoms with Gasteiger partial charge < -0.3 is 16.0 Å². The third-order valence-corrected chi connectivity index (χ3v) is 6.96. The van der Waals surface area contributed by atoms with Gasteiger partial charge in [-0.05, 0) is 74.4 Å². The number of hydrogen-bond donors (Lipinski definition) is 2. The van der Waals surface area contributed by atoms with Gasteiger partial charge >= 0.3 is 0 Å². The third-order valence-electron chi connectivity index (χ3n) is 6.59. The molecule has 2 aliphatic rings. The van der Waals surface area contributed by atoms with Gasteiger partial charge in [0, 0.05) is 40.8 Å². The number of nitrogens with one attached hydrogen (secondary N) is 1. The molecule has 4 rings (SSSR count). The van der Waals surface area contributed by atoms with E-state index in [0.29, 0.717) is 17.1 Å². The van der Waals surface area contributed by atoms with E-state index < -0.39 is 0 Å². The number of carbonyl (C=O) groups is 2. The van der Waals surface area contributed by atoms with Gasteiger partial charge in [-0.25, -0.2) is 0 Å². The molecule has 0 radical (unpaired) electrons. The Morgan fingerprint density at radius 1 is 1.00 bits per heavy atom. The quantitative estimate of drug-likeness (QED) is 0.665. The Labute approximate surface area is 188 Å². The maximum atomic E-state index is 13.4. The van der Waals surface area contributed by atoms with Gasteiger partial charge in [-0.1, -0.05) is 36.2 Å². The highest BCUT2D eigenvalue weighted by atomic mass is 35.5. The predicted molar refractivity (Wildman–Crippen MR) is 124 cm³/mol. The minimum absolute atomic E-state index is 0.000967. The first-order valence-electron chi connectivity index (χ1n) is 11.2. The summed E-state index contributed by atoms with van der Waals surface area (Å²) in [5, 5.41) is 3.61. The fourth-order valence-corrected chi connectivity index (χ4v) is 4.58. The number of rotatable bonds is 6. The molecule has 0 aliphatic heterocycles. The van der Waals surface area contributed by atoms with E-state index in [1.54, 1.807) is 6.07 Å². The van der Waals surface area contributed by atoms with Crippen LogP contribution in [0, 0.1) is 5.92 Å². The minimum atomic E-state index is 0.000967. The Hall–Kier alpha value is -2.37. The van der Waals surface area contributed by atoms with E-state index in [2.05, 4.69) is 5.32 Å². The molecule has 0 unspecified atom stereocenters. The second-order valence-corrected chi connectivity index (χ2v) is 9.20. The zero-order valence-corrected chi connectivity index (χ0v) is 18.5. The van der Waals surface area contributed by atoms with Crippen LogP contribution in [0.25, 0.3) is 0 Å². The lowest BCUT2D eigenvalue weighted by atomic mass is 9.85. The van der Waals surface area contributed by atoms with E-state index in [1.165, 1.54) is 0 Å². The van der Waals surface area contributed by atoms with Crippen LogP contribution in [0.15, 0.2) is 48.5 Å². The van der Waals surface area contributed by atoms with Gasteiger partial charge in [0.15, 0.2) is 0 Å². The SMILES string of the molecule is NC1CCC(N(Cc2cc(NC(=O)C3CCC3)ccc2Cl)C(=O)c2ccccc2)CC1. The van der Waals surface area contributed by atoms with Crippen molar-refractivity contribution < 1.29 is 9.59 Å². The second kappa shape index (κ2) is 9.84. The number of benzene rings is 2. The average Bonchev–Trinajstić information content (AvgIpc) is 2.74. The van der Waals surface area contributed by atoms with Crippen molar-refractivity contribution in [2.45, 2.75) is 63.6 Å². The maximum absolute atomic E-state index is 13.4. The first kappa shape index (κ1) is 21.8. The predicted octanol–water partition coefficient (Wildman–Crippen LogP) is 4.99. The van der Waals surface area contributed by atoms with Crippen molar-refractivity contribution in [1.82, 2.24) is 4.90 Å². The van der Waals surface area contributed by atoms with Gasteiger partial charge in [0.2, 0.25) is 5.91 Å². The van der Waals surface area contributed by atoms with Crippen LogP contribution in [0.5, 0.6) is 0 Å². The number of anilines is 1. The molecular formula is C25H30ClN3O2. The Morgan fingerprint density at radius 2 is 1.71 bits per heavy atom. The maximum Gasteiger partial charge on any atom is 0.254 e. The molecular weight excluding hydrogens is 410 g/mol. The molecule has 6 heteroatoms. The number of halogens is 1. The summed E-state index contributed by atoms with van der Waals surface area (Å²) in [6.45, 7) is 0.402. The third kappa shape index (κ3) is 5.28. The van der Waals surface area contributed by atoms with Gasteiger partial charge in [0.1, 0.15) is 0 Å². The monoisotopic (exact) mass is 439 g/mol. The summed E-state index contributed by atoms with van der Waals surface area (Å²) >= 11 is 6.52. The highest BCUT2D eigenvalue weighted by Crippen LogP contribution is 2.30. The summed E-state index contributed by atoms with van der Waals surface area (Å²) in [5.74, 6) is 0.181. The van der Waals surface area contributed by atoms with Crippen molar-refractivity contribution in [3.63, 3.8) is 0 Å². The molecule has 0 saturated heterocycles. The van der Waals surface area contributed by atoms with E-state index in [0.717, 1.165) is 56.2 Å². The molecule has 2 aromatic rings. The molecule has 0 atom stereocenters. The number of carbonyl (C=O) groups excluding carboxylic acids is 2. The molecule has 0 aromatic heterocycles. The van der Waals surface area contributed by atoms with E-state index in [1.807, 2.05) is 47.4 Å². The van der Waals surface area contributed by atoms with Gasteiger partial charge in [0.05, 0.1) is 0 Å². The summed E-state index contributed by atoms with van der Waals surface area (Å²) in [6, 6.07) is 15.2. The molecule has 5 nitrogen and oxygen atoms in total. The molecule has 164 valence electrons. The van der Waals surface area contributed by atoms with Crippen LogP contribution in [-0.4, -0.2) is 28.8 Å². The molecule has 2 amide bonds. The number of hydrogen-bond acceptors (Lipinski definition) is 3. The molecule has 31 heavy (non-hydrogen) atoms. The largest absolute Gasteiger partial charge is 0.331 e. The molecule has 0 spiro atoms. The van der Waals surface area contributed by atoms with Crippen molar-refractivity contribution in [2.24, 2.45) is 11.7 Å². The van der Waals surface area contributed by atoms with E-state index in [9.17, 15) is 9.59 Å². The molecule has 2 saturated carbocycles. The van der Waals surface area contributed by atoms with Crippen LogP contribution < -0.4 is 11.1 Å². The highest BCUT2D eigenvalue weighted by Gasteiger charge is 2.29. The Balaban J connectivity index is 1.56. The molecule has 0 bridgehead atoms. The van der Waals surface area contributed by atoms with Gasteiger partial charge in [-0.15, -0.1) is 0 Å². The van der Waals surface area contributed by atoms with Gasteiger partial charge in [-0.2, -0.15) is 0 Å². The lowest BCUT2D eigenvalue weighted by molar-refractivity contribution is -0.122. The van der Waals surface area contributed by atoms with Crippen LogP contribution >= 0.6 is 11.6 Å². The standard InChI is InChI=1S/C25H30ClN3O2/c26-23-14-11-21(28-24(30)17-7-4-8-17)15-19(23)16-29(22-12-9-20(27)10-13-22)25(31)18-5-2-1-3-6-18/h1-3,5-6,11,14-15,17,20,22H,4,7-10,12-13,16,27H2,(H,28,30). The smallest absolute Gasteiger partial charge is 0.254 e. The fraction of sp³-hybridized carbons (Fsp3) is 0.440. The highest BCUT2D eigenvalue weighted by molar-refractivity contribution is 6.31. The molecule has 3 N–H and O–H groups in total. The zero-order valence-electron chi connectivity index (χ0n) is 17.7.